The molecule has 12 rings (SSSR count). The molecule has 0 radical (unpaired) electrons. The van der Waals surface area contributed by atoms with Crippen molar-refractivity contribution in [3.63, 3.8) is 0 Å². The maximum Gasteiger partial charge on any atom is 0.164 e. The summed E-state index contributed by atoms with van der Waals surface area (Å²) in [5.74, 6) is 2.87. The Morgan fingerprint density at radius 1 is 0.475 bits per heavy atom. The molecule has 0 spiro atoms. The van der Waals surface area contributed by atoms with E-state index in [-0.39, 0.29) is 12.0 Å². The first kappa shape index (κ1) is 33.7. The first-order valence-corrected chi connectivity index (χ1v) is 20.5. The van der Waals surface area contributed by atoms with Crippen LogP contribution in [0.4, 0.5) is 0 Å². The van der Waals surface area contributed by atoms with Gasteiger partial charge >= 0.3 is 0 Å². The van der Waals surface area contributed by atoms with Crippen LogP contribution in [0, 0.1) is 0 Å². The average molecular weight is 756 g/mol. The van der Waals surface area contributed by atoms with Crippen LogP contribution < -0.4 is 4.74 Å². The van der Waals surface area contributed by atoms with Gasteiger partial charge in [0.15, 0.2) is 17.5 Å². The summed E-state index contributed by atoms with van der Waals surface area (Å²) < 4.78 is 6.93. The molecule has 0 saturated carbocycles. The molecule has 9 aromatic rings. The number of hydrogen-bond acceptors (Lipinski definition) is 4. The molecule has 2 atom stereocenters. The second kappa shape index (κ2) is 13.6. The fourth-order valence-corrected chi connectivity index (χ4v) is 9.65. The molecule has 0 amide bonds. The van der Waals surface area contributed by atoms with E-state index in [4.69, 9.17) is 19.7 Å². The summed E-state index contributed by atoms with van der Waals surface area (Å²) in [6, 6.07) is 60.2. The van der Waals surface area contributed by atoms with Gasteiger partial charge in [0.2, 0.25) is 0 Å². The van der Waals surface area contributed by atoms with E-state index < -0.39 is 0 Å². The molecule has 2 unspecified atom stereocenters. The van der Waals surface area contributed by atoms with Crippen molar-refractivity contribution in [1.82, 2.24) is 15.0 Å². The molecule has 0 bridgehead atoms. The zero-order chi connectivity index (χ0) is 38.9. The van der Waals surface area contributed by atoms with E-state index >= 15 is 0 Å². The van der Waals surface area contributed by atoms with Crippen molar-refractivity contribution in [3.05, 3.63) is 215 Å². The fourth-order valence-electron chi connectivity index (χ4n) is 9.65. The van der Waals surface area contributed by atoms with E-state index in [0.29, 0.717) is 17.5 Å². The predicted molar refractivity (Wildman–Crippen MR) is 240 cm³/mol. The normalized spacial score (nSPS) is 16.2. The van der Waals surface area contributed by atoms with Crippen LogP contribution >= 0.6 is 0 Å². The summed E-state index contributed by atoms with van der Waals surface area (Å²) in [4.78, 5) is 15.0. The summed E-state index contributed by atoms with van der Waals surface area (Å²) in [7, 11) is 0. The molecule has 2 aliphatic carbocycles. The van der Waals surface area contributed by atoms with E-state index in [9.17, 15) is 0 Å². The minimum Gasteiger partial charge on any atom is -0.484 e. The van der Waals surface area contributed by atoms with Crippen molar-refractivity contribution < 1.29 is 4.74 Å². The molecule has 4 heteroatoms. The van der Waals surface area contributed by atoms with Gasteiger partial charge in [-0.15, -0.1) is 0 Å². The molecule has 0 N–H and O–H groups in total. The average Bonchev–Trinajstić information content (AvgIpc) is 3.71. The molecule has 1 aliphatic heterocycles. The molecule has 0 fully saturated rings. The lowest BCUT2D eigenvalue weighted by atomic mass is 9.76. The molecule has 3 aliphatic rings. The molecular formula is C55H37N3O. The number of nitrogens with zero attached hydrogens (tertiary/aromatic N) is 3. The Morgan fingerprint density at radius 2 is 1.10 bits per heavy atom. The summed E-state index contributed by atoms with van der Waals surface area (Å²) in [6.07, 6.45) is 9.17. The van der Waals surface area contributed by atoms with Gasteiger partial charge in [0, 0.05) is 33.7 Å². The Morgan fingerprint density at radius 3 is 1.90 bits per heavy atom. The van der Waals surface area contributed by atoms with E-state index in [0.717, 1.165) is 46.4 Å². The first-order chi connectivity index (χ1) is 29.2. The van der Waals surface area contributed by atoms with Gasteiger partial charge < -0.3 is 4.74 Å². The van der Waals surface area contributed by atoms with Crippen molar-refractivity contribution in [2.75, 3.05) is 0 Å². The highest BCUT2D eigenvalue weighted by molar-refractivity contribution is 6.14. The number of hydrogen-bond donors (Lipinski definition) is 0. The first-order valence-electron chi connectivity index (χ1n) is 20.5. The number of aryl methyl sites for hydroxylation is 1. The third kappa shape index (κ3) is 5.55. The van der Waals surface area contributed by atoms with E-state index in [2.05, 4.69) is 127 Å². The number of fused-ring (bicyclic) bond motifs is 11. The third-order valence-electron chi connectivity index (χ3n) is 12.3. The van der Waals surface area contributed by atoms with Crippen LogP contribution in [0.15, 0.2) is 182 Å². The van der Waals surface area contributed by atoms with Crippen LogP contribution in [0.5, 0.6) is 5.75 Å². The van der Waals surface area contributed by atoms with Crippen molar-refractivity contribution in [2.24, 2.45) is 0 Å². The molecule has 4 nitrogen and oxygen atoms in total. The van der Waals surface area contributed by atoms with Crippen molar-refractivity contribution in [2.45, 2.75) is 24.9 Å². The Kier molecular flexibility index (Phi) is 7.77. The number of benzene rings is 8. The number of aromatic nitrogens is 3. The lowest BCUT2D eigenvalue weighted by molar-refractivity contribution is 0.223. The maximum atomic E-state index is 6.93. The Bertz CT molecular complexity index is 3150. The summed E-state index contributed by atoms with van der Waals surface area (Å²) >= 11 is 0. The summed E-state index contributed by atoms with van der Waals surface area (Å²) in [6.45, 7) is 0. The van der Waals surface area contributed by atoms with Gasteiger partial charge in [-0.1, -0.05) is 170 Å². The van der Waals surface area contributed by atoms with Crippen LogP contribution in [0.3, 0.4) is 0 Å². The van der Waals surface area contributed by atoms with E-state index in [1.54, 1.807) is 0 Å². The van der Waals surface area contributed by atoms with Gasteiger partial charge in [0.1, 0.15) is 11.9 Å². The van der Waals surface area contributed by atoms with Crippen LogP contribution in [0.25, 0.3) is 78.5 Å². The van der Waals surface area contributed by atoms with Crippen LogP contribution in [0.2, 0.25) is 0 Å². The SMILES string of the molecule is C1=Cc2c(c3ccccc3c3ccc(C4=CC5c6c(cccc6-c6cccc(-c7nc(-c8ccccc8)nc(-c8ccccc8)n7)c6)OC5c5ccccc54)cc23)CC1. The number of ether oxygens (including phenoxy) is 1. The van der Waals surface area contributed by atoms with Gasteiger partial charge in [0.05, 0.1) is 0 Å². The largest absolute Gasteiger partial charge is 0.484 e. The van der Waals surface area contributed by atoms with Gasteiger partial charge in [-0.2, -0.15) is 0 Å². The molecule has 59 heavy (non-hydrogen) atoms. The fraction of sp³-hybridized carbons (Fsp3) is 0.0727. The maximum absolute atomic E-state index is 6.93. The molecular weight excluding hydrogens is 719 g/mol. The zero-order valence-corrected chi connectivity index (χ0v) is 32.2. The van der Waals surface area contributed by atoms with Crippen molar-refractivity contribution in [1.29, 1.82) is 0 Å². The monoisotopic (exact) mass is 755 g/mol. The topological polar surface area (TPSA) is 47.9 Å². The summed E-state index contributed by atoms with van der Waals surface area (Å²) in [5.41, 5.74) is 14.0. The quantitative estimate of drug-likeness (QED) is 0.164. The van der Waals surface area contributed by atoms with Crippen LogP contribution in [0.1, 0.15) is 51.8 Å². The Balaban J connectivity index is 0.996. The molecule has 278 valence electrons. The van der Waals surface area contributed by atoms with Gasteiger partial charge in [0.25, 0.3) is 0 Å². The molecule has 1 aromatic heterocycles. The number of rotatable bonds is 5. The van der Waals surface area contributed by atoms with Crippen molar-refractivity contribution in [3.8, 4) is 51.0 Å². The van der Waals surface area contributed by atoms with Crippen molar-refractivity contribution >= 4 is 33.2 Å². The Hall–Kier alpha value is -7.43. The molecule has 2 heterocycles. The van der Waals surface area contributed by atoms with E-state index in [1.165, 1.54) is 60.5 Å². The van der Waals surface area contributed by atoms with E-state index in [1.807, 2.05) is 60.7 Å². The Labute approximate surface area is 342 Å². The highest BCUT2D eigenvalue weighted by Crippen LogP contribution is 2.56. The number of allylic oxidation sites excluding steroid dienone is 1. The minimum atomic E-state index is -0.125. The zero-order valence-electron chi connectivity index (χ0n) is 32.2. The highest BCUT2D eigenvalue weighted by atomic mass is 16.5. The lowest BCUT2D eigenvalue weighted by Crippen LogP contribution is -2.16. The third-order valence-corrected chi connectivity index (χ3v) is 12.3. The summed E-state index contributed by atoms with van der Waals surface area (Å²) in [5, 5.41) is 5.32. The predicted octanol–water partition coefficient (Wildman–Crippen LogP) is 13.5. The van der Waals surface area contributed by atoms with Crippen LogP contribution in [-0.4, -0.2) is 15.0 Å². The molecule has 0 saturated heterocycles. The van der Waals surface area contributed by atoms with Gasteiger partial charge in [-0.3, -0.25) is 0 Å². The van der Waals surface area contributed by atoms with Crippen LogP contribution in [-0.2, 0) is 6.42 Å². The second-order valence-corrected chi connectivity index (χ2v) is 15.7. The smallest absolute Gasteiger partial charge is 0.164 e. The highest BCUT2D eigenvalue weighted by Gasteiger charge is 2.41. The standard InChI is InChI=1S/C55H37N3O/c1-3-15-34(16-4-1)53-56-54(35-17-5-2-6-18-35)58-55(57-53)38-20-13-19-36(31-38)39-27-14-28-50-51(39)49-33-47(44-25-11-12-26-46(44)52(49)59-50)37-29-30-45-42-23-8-7-21-40(42)41-22-9-10-24-43(41)48(45)32-37/h1-8,10-21,23-33,49,52H,9,22H2. The lowest BCUT2D eigenvalue weighted by Gasteiger charge is -2.28. The van der Waals surface area contributed by atoms with Gasteiger partial charge in [-0.25, -0.2) is 15.0 Å². The van der Waals surface area contributed by atoms with Gasteiger partial charge in [-0.05, 0) is 91.5 Å². The minimum absolute atomic E-state index is 0.0161. The molecule has 8 aromatic carbocycles. The second-order valence-electron chi connectivity index (χ2n) is 15.7.